The highest BCUT2D eigenvalue weighted by Crippen LogP contribution is 2.27. The first kappa shape index (κ1) is 25.2. The van der Waals surface area contributed by atoms with Crippen molar-refractivity contribution in [3.8, 4) is 17.1 Å². The molecule has 190 valence electrons. The molecule has 0 spiro atoms. The molecule has 0 saturated heterocycles. The Labute approximate surface area is 207 Å². The molecule has 1 aliphatic carbocycles. The molecule has 36 heavy (non-hydrogen) atoms. The number of aliphatic hydroxyl groups excluding tert-OH is 1. The topological polar surface area (TPSA) is 144 Å². The Morgan fingerprint density at radius 1 is 1.22 bits per heavy atom. The number of hydrogen-bond acceptors (Lipinski definition) is 8. The number of rotatable bonds is 9. The van der Waals surface area contributed by atoms with Crippen molar-refractivity contribution in [2.45, 2.75) is 45.3 Å². The third-order valence-corrected chi connectivity index (χ3v) is 6.04. The maximum Gasteiger partial charge on any atom is 0.270 e. The van der Waals surface area contributed by atoms with Crippen molar-refractivity contribution < 1.29 is 23.8 Å². The Bertz CT molecular complexity index is 1250. The Morgan fingerprint density at radius 2 is 2.06 bits per heavy atom. The number of ether oxygens (including phenoxy) is 1. The number of carbonyl (C=O) groups excluding carboxylic acids is 2. The van der Waals surface area contributed by atoms with Crippen LogP contribution < -0.4 is 15.4 Å². The van der Waals surface area contributed by atoms with E-state index in [-0.39, 0.29) is 29.9 Å². The lowest BCUT2D eigenvalue weighted by molar-refractivity contribution is -0.124. The molecule has 1 aliphatic rings. The van der Waals surface area contributed by atoms with Gasteiger partial charge in [0.15, 0.2) is 11.6 Å². The first-order chi connectivity index (χ1) is 17.3. The highest BCUT2D eigenvalue weighted by atomic mass is 19.1. The predicted molar refractivity (Wildman–Crippen MR) is 126 cm³/mol. The lowest BCUT2D eigenvalue weighted by atomic mass is 10.1. The Hall–Kier alpha value is -3.93. The molecule has 1 saturated carbocycles. The molecule has 11 nitrogen and oxygen atoms in total. The number of amides is 2. The van der Waals surface area contributed by atoms with E-state index < -0.39 is 18.3 Å². The standard InChI is InChI=1S/C24H28FN7O4/c1-14-27-19(9-20(28-14)24(35)26-10-15-4-6-18(25)22(8-15)36-2)21-12-32(31-30-21)11-16-3-5-17(7-16)29-23(34)13-33/h4,6,8-9,12,16-17,33H,3,5,7,10-11,13H2,1-2H3,(H,26,35)(H,29,34)/t16-,17+/m0/s1. The Morgan fingerprint density at radius 3 is 2.83 bits per heavy atom. The van der Waals surface area contributed by atoms with Crippen LogP contribution in [0.2, 0.25) is 0 Å². The van der Waals surface area contributed by atoms with Crippen LogP contribution in [0.5, 0.6) is 5.75 Å². The van der Waals surface area contributed by atoms with E-state index in [4.69, 9.17) is 9.84 Å². The van der Waals surface area contributed by atoms with Crippen LogP contribution in [-0.4, -0.2) is 61.6 Å². The molecule has 1 fully saturated rings. The third kappa shape index (κ3) is 6.19. The first-order valence-electron chi connectivity index (χ1n) is 11.6. The van der Waals surface area contributed by atoms with E-state index in [2.05, 4.69) is 30.9 Å². The number of aryl methyl sites for hydroxylation is 1. The van der Waals surface area contributed by atoms with Crippen LogP contribution >= 0.6 is 0 Å². The fourth-order valence-corrected chi connectivity index (χ4v) is 4.32. The number of nitrogens with zero attached hydrogens (tertiary/aromatic N) is 5. The maximum atomic E-state index is 13.6. The molecule has 0 unspecified atom stereocenters. The Kier molecular flexibility index (Phi) is 7.84. The molecule has 2 aromatic heterocycles. The normalized spacial score (nSPS) is 17.1. The summed E-state index contributed by atoms with van der Waals surface area (Å²) < 4.78 is 20.3. The number of carbonyl (C=O) groups is 2. The number of benzene rings is 1. The van der Waals surface area contributed by atoms with Gasteiger partial charge in [0.2, 0.25) is 5.91 Å². The van der Waals surface area contributed by atoms with Gasteiger partial charge in [-0.1, -0.05) is 11.3 Å². The molecule has 2 atom stereocenters. The fraction of sp³-hybridized carbons (Fsp3) is 0.417. The average molecular weight is 498 g/mol. The summed E-state index contributed by atoms with van der Waals surface area (Å²) in [6.45, 7) is 1.99. The molecule has 12 heteroatoms. The van der Waals surface area contributed by atoms with E-state index in [0.29, 0.717) is 35.2 Å². The van der Waals surface area contributed by atoms with Gasteiger partial charge in [-0.3, -0.25) is 14.3 Å². The number of methoxy groups -OCH3 is 1. The van der Waals surface area contributed by atoms with Gasteiger partial charge in [0.05, 0.1) is 19.0 Å². The zero-order chi connectivity index (χ0) is 25.7. The number of aromatic nitrogens is 5. The van der Waals surface area contributed by atoms with Crippen LogP contribution in [-0.2, 0) is 17.9 Å². The second-order valence-electron chi connectivity index (χ2n) is 8.76. The maximum absolute atomic E-state index is 13.6. The van der Waals surface area contributed by atoms with Gasteiger partial charge in [-0.05, 0) is 55.9 Å². The van der Waals surface area contributed by atoms with E-state index in [1.807, 2.05) is 0 Å². The van der Waals surface area contributed by atoms with Gasteiger partial charge >= 0.3 is 0 Å². The minimum absolute atomic E-state index is 0.0548. The van der Waals surface area contributed by atoms with Gasteiger partial charge in [-0.15, -0.1) is 5.10 Å². The second kappa shape index (κ2) is 11.2. The molecule has 3 N–H and O–H groups in total. The summed E-state index contributed by atoms with van der Waals surface area (Å²) in [5.74, 6) is -0.402. The highest BCUT2D eigenvalue weighted by Gasteiger charge is 2.26. The van der Waals surface area contributed by atoms with E-state index in [0.717, 1.165) is 19.3 Å². The summed E-state index contributed by atoms with van der Waals surface area (Å²) in [6.07, 6.45) is 4.36. The summed E-state index contributed by atoms with van der Waals surface area (Å²) in [7, 11) is 1.38. The smallest absolute Gasteiger partial charge is 0.270 e. The summed E-state index contributed by atoms with van der Waals surface area (Å²) >= 11 is 0. The molecular formula is C24H28FN7O4. The van der Waals surface area contributed by atoms with Gasteiger partial charge in [0.1, 0.15) is 23.8 Å². The van der Waals surface area contributed by atoms with Crippen LogP contribution in [0.25, 0.3) is 11.4 Å². The molecule has 0 aliphatic heterocycles. The monoisotopic (exact) mass is 497 g/mol. The van der Waals surface area contributed by atoms with Gasteiger partial charge in [-0.2, -0.15) is 0 Å². The largest absolute Gasteiger partial charge is 0.494 e. The molecule has 0 radical (unpaired) electrons. The van der Waals surface area contributed by atoms with Gasteiger partial charge in [0, 0.05) is 19.1 Å². The summed E-state index contributed by atoms with van der Waals surface area (Å²) in [5, 5.41) is 22.9. The summed E-state index contributed by atoms with van der Waals surface area (Å²) in [5.41, 5.74) is 1.85. The fourth-order valence-electron chi connectivity index (χ4n) is 4.32. The number of hydrogen-bond donors (Lipinski definition) is 3. The first-order valence-corrected chi connectivity index (χ1v) is 11.6. The SMILES string of the molecule is COc1cc(CNC(=O)c2cc(-c3cn(C[C@H]4CC[C@@H](NC(=O)CO)C4)nn3)nc(C)n2)ccc1F. The van der Waals surface area contributed by atoms with Crippen molar-refractivity contribution in [3.05, 3.63) is 53.4 Å². The molecular weight excluding hydrogens is 469 g/mol. The number of nitrogens with one attached hydrogen (secondary N) is 2. The van der Waals surface area contributed by atoms with Crippen molar-refractivity contribution in [3.63, 3.8) is 0 Å². The molecule has 0 bridgehead atoms. The van der Waals surface area contributed by atoms with Crippen molar-refractivity contribution >= 4 is 11.8 Å². The van der Waals surface area contributed by atoms with Crippen LogP contribution in [0.3, 0.4) is 0 Å². The molecule has 3 aromatic rings. The zero-order valence-corrected chi connectivity index (χ0v) is 20.1. The average Bonchev–Trinajstić information content (AvgIpc) is 3.52. The molecule has 4 rings (SSSR count). The van der Waals surface area contributed by atoms with Crippen molar-refractivity contribution in [1.29, 1.82) is 0 Å². The number of halogens is 1. The van der Waals surface area contributed by atoms with Crippen LogP contribution in [0, 0.1) is 18.7 Å². The predicted octanol–water partition coefficient (Wildman–Crippen LogP) is 1.40. The highest BCUT2D eigenvalue weighted by molar-refractivity contribution is 5.93. The van der Waals surface area contributed by atoms with Gasteiger partial charge < -0.3 is 20.5 Å². The van der Waals surface area contributed by atoms with E-state index in [1.54, 1.807) is 29.9 Å². The molecule has 2 amide bonds. The lowest BCUT2D eigenvalue weighted by Crippen LogP contribution is -2.35. The Balaban J connectivity index is 1.39. The minimum atomic E-state index is -0.507. The lowest BCUT2D eigenvalue weighted by Gasteiger charge is -2.12. The second-order valence-corrected chi connectivity index (χ2v) is 8.76. The van der Waals surface area contributed by atoms with E-state index in [9.17, 15) is 14.0 Å². The molecule has 2 heterocycles. The van der Waals surface area contributed by atoms with Crippen LogP contribution in [0.15, 0.2) is 30.5 Å². The number of aliphatic hydroxyl groups is 1. The van der Waals surface area contributed by atoms with Crippen LogP contribution in [0.4, 0.5) is 4.39 Å². The van der Waals surface area contributed by atoms with Crippen molar-refractivity contribution in [2.24, 2.45) is 5.92 Å². The summed E-state index contributed by atoms with van der Waals surface area (Å²) in [6, 6.07) is 5.99. The third-order valence-electron chi connectivity index (χ3n) is 6.04. The van der Waals surface area contributed by atoms with Gasteiger partial charge in [-0.25, -0.2) is 14.4 Å². The van der Waals surface area contributed by atoms with Crippen LogP contribution in [0.1, 0.15) is 41.1 Å². The van der Waals surface area contributed by atoms with E-state index in [1.165, 1.54) is 19.2 Å². The summed E-state index contributed by atoms with van der Waals surface area (Å²) in [4.78, 5) is 32.8. The minimum Gasteiger partial charge on any atom is -0.494 e. The van der Waals surface area contributed by atoms with Crippen molar-refractivity contribution in [1.82, 2.24) is 35.6 Å². The van der Waals surface area contributed by atoms with Gasteiger partial charge in [0.25, 0.3) is 5.91 Å². The quantitative estimate of drug-likeness (QED) is 0.402. The molecule has 1 aromatic carbocycles. The zero-order valence-electron chi connectivity index (χ0n) is 20.1. The van der Waals surface area contributed by atoms with E-state index >= 15 is 0 Å². The van der Waals surface area contributed by atoms with Crippen molar-refractivity contribution in [2.75, 3.05) is 13.7 Å².